The van der Waals surface area contributed by atoms with Crippen LogP contribution in [0.2, 0.25) is 0 Å². The second-order valence-corrected chi connectivity index (χ2v) is 5.16. The number of amides is 2. The Balaban J connectivity index is 1.85. The van der Waals surface area contributed by atoms with Crippen LogP contribution < -0.4 is 16.4 Å². The molecule has 0 spiro atoms. The van der Waals surface area contributed by atoms with Crippen molar-refractivity contribution in [3.8, 4) is 0 Å². The summed E-state index contributed by atoms with van der Waals surface area (Å²) >= 11 is 0. The van der Waals surface area contributed by atoms with Gasteiger partial charge in [-0.3, -0.25) is 0 Å². The lowest BCUT2D eigenvalue weighted by Crippen LogP contribution is -2.60. The minimum Gasteiger partial charge on any atom is -0.335 e. The minimum atomic E-state index is -0.189. The van der Waals surface area contributed by atoms with Gasteiger partial charge in [-0.05, 0) is 32.7 Å². The van der Waals surface area contributed by atoms with E-state index in [1.165, 1.54) is 0 Å². The highest BCUT2D eigenvalue weighted by Crippen LogP contribution is 2.22. The molecule has 5 nitrogen and oxygen atoms in total. The maximum absolute atomic E-state index is 11.7. The van der Waals surface area contributed by atoms with Crippen LogP contribution in [0.4, 0.5) is 4.79 Å². The Labute approximate surface area is 96.7 Å². The van der Waals surface area contributed by atoms with Gasteiger partial charge in [0.2, 0.25) is 0 Å². The lowest BCUT2D eigenvalue weighted by Gasteiger charge is -2.40. The molecule has 0 radical (unpaired) electrons. The molecule has 1 heterocycles. The lowest BCUT2D eigenvalue weighted by molar-refractivity contribution is 0.161. The van der Waals surface area contributed by atoms with Crippen molar-refractivity contribution < 1.29 is 4.79 Å². The molecular weight excluding hydrogens is 204 g/mol. The van der Waals surface area contributed by atoms with Crippen molar-refractivity contribution in [1.82, 2.24) is 15.5 Å². The van der Waals surface area contributed by atoms with Gasteiger partial charge in [0.25, 0.3) is 0 Å². The molecule has 1 aliphatic heterocycles. The average molecular weight is 226 g/mol. The van der Waals surface area contributed by atoms with Gasteiger partial charge in [-0.1, -0.05) is 0 Å². The summed E-state index contributed by atoms with van der Waals surface area (Å²) in [7, 11) is 2.10. The Hall–Kier alpha value is -0.810. The van der Waals surface area contributed by atoms with Crippen molar-refractivity contribution in [2.24, 2.45) is 5.73 Å². The van der Waals surface area contributed by atoms with Crippen molar-refractivity contribution in [1.29, 1.82) is 0 Å². The first-order valence-corrected chi connectivity index (χ1v) is 6.11. The predicted octanol–water partition coefficient (Wildman–Crippen LogP) is -0.129. The van der Waals surface area contributed by atoms with Crippen LogP contribution in [0.1, 0.15) is 25.7 Å². The van der Waals surface area contributed by atoms with Gasteiger partial charge in [-0.15, -0.1) is 0 Å². The SMILES string of the molecule is CN1CCC(CN)(NC(=O)NC2CC2)CC1. The van der Waals surface area contributed by atoms with Crippen LogP contribution in [0.15, 0.2) is 0 Å². The fraction of sp³-hybridized carbons (Fsp3) is 0.909. The molecule has 4 N–H and O–H groups in total. The maximum Gasteiger partial charge on any atom is 0.315 e. The van der Waals surface area contributed by atoms with Gasteiger partial charge in [0.15, 0.2) is 0 Å². The van der Waals surface area contributed by atoms with Gasteiger partial charge >= 0.3 is 6.03 Å². The number of likely N-dealkylation sites (tertiary alicyclic amines) is 1. The van der Waals surface area contributed by atoms with E-state index in [0.717, 1.165) is 38.8 Å². The molecular formula is C11H22N4O. The smallest absolute Gasteiger partial charge is 0.315 e. The molecule has 0 aromatic carbocycles. The van der Waals surface area contributed by atoms with Gasteiger partial charge in [-0.2, -0.15) is 0 Å². The molecule has 92 valence electrons. The van der Waals surface area contributed by atoms with E-state index in [0.29, 0.717) is 12.6 Å². The Kier molecular flexibility index (Phi) is 3.35. The van der Waals surface area contributed by atoms with Crippen LogP contribution in [-0.2, 0) is 0 Å². The first kappa shape index (κ1) is 11.7. The number of hydrogen-bond acceptors (Lipinski definition) is 3. The van der Waals surface area contributed by atoms with E-state index in [1.807, 2.05) is 0 Å². The number of nitrogens with zero attached hydrogens (tertiary/aromatic N) is 1. The maximum atomic E-state index is 11.7. The van der Waals surface area contributed by atoms with E-state index >= 15 is 0 Å². The molecule has 2 rings (SSSR count). The number of carbonyl (C=O) groups excluding carboxylic acids is 1. The molecule has 16 heavy (non-hydrogen) atoms. The minimum absolute atomic E-state index is 0.0440. The highest BCUT2D eigenvalue weighted by molar-refractivity contribution is 5.75. The third-order valence-corrected chi connectivity index (χ3v) is 3.63. The van der Waals surface area contributed by atoms with Crippen molar-refractivity contribution in [3.63, 3.8) is 0 Å². The van der Waals surface area contributed by atoms with Gasteiger partial charge in [0.05, 0.1) is 5.54 Å². The molecule has 0 atom stereocenters. The monoisotopic (exact) mass is 226 g/mol. The molecule has 0 unspecified atom stereocenters. The Morgan fingerprint density at radius 3 is 2.56 bits per heavy atom. The van der Waals surface area contributed by atoms with Crippen LogP contribution in [0.5, 0.6) is 0 Å². The zero-order chi connectivity index (χ0) is 11.6. The molecule has 2 aliphatic rings. The first-order valence-electron chi connectivity index (χ1n) is 6.11. The second-order valence-electron chi connectivity index (χ2n) is 5.16. The van der Waals surface area contributed by atoms with Crippen LogP contribution in [0.25, 0.3) is 0 Å². The number of hydrogen-bond donors (Lipinski definition) is 3. The number of nitrogens with one attached hydrogen (secondary N) is 2. The van der Waals surface area contributed by atoms with Gasteiger partial charge < -0.3 is 21.3 Å². The molecule has 5 heteroatoms. The third-order valence-electron chi connectivity index (χ3n) is 3.63. The summed E-state index contributed by atoms with van der Waals surface area (Å²) in [5.41, 5.74) is 5.63. The van der Waals surface area contributed by atoms with Crippen LogP contribution >= 0.6 is 0 Å². The third kappa shape index (κ3) is 2.86. The largest absolute Gasteiger partial charge is 0.335 e. The summed E-state index contributed by atoms with van der Waals surface area (Å²) in [6.07, 6.45) is 4.12. The normalized spacial score (nSPS) is 25.1. The van der Waals surface area contributed by atoms with E-state index < -0.39 is 0 Å². The van der Waals surface area contributed by atoms with E-state index in [1.54, 1.807) is 0 Å². The predicted molar refractivity (Wildman–Crippen MR) is 63.2 cm³/mol. The Bertz CT molecular complexity index is 257. The highest BCUT2D eigenvalue weighted by Gasteiger charge is 2.35. The van der Waals surface area contributed by atoms with E-state index in [9.17, 15) is 4.79 Å². The van der Waals surface area contributed by atoms with Crippen molar-refractivity contribution in [2.75, 3.05) is 26.7 Å². The molecule has 2 fully saturated rings. The fourth-order valence-electron chi connectivity index (χ4n) is 2.12. The first-order chi connectivity index (χ1) is 7.63. The summed E-state index contributed by atoms with van der Waals surface area (Å²) in [5, 5.41) is 6.02. The Morgan fingerprint density at radius 2 is 2.06 bits per heavy atom. The molecule has 1 saturated heterocycles. The standard InChI is InChI=1S/C11H22N4O/c1-15-6-4-11(8-12,5-7-15)14-10(16)13-9-2-3-9/h9H,2-8,12H2,1H3,(H2,13,14,16). The summed E-state index contributed by atoms with van der Waals surface area (Å²) in [6, 6.07) is 0.360. The van der Waals surface area contributed by atoms with Crippen LogP contribution in [0.3, 0.4) is 0 Å². The van der Waals surface area contributed by atoms with Gasteiger partial charge in [0.1, 0.15) is 0 Å². The fourth-order valence-corrected chi connectivity index (χ4v) is 2.12. The molecule has 1 aliphatic carbocycles. The number of nitrogens with two attached hydrogens (primary N) is 1. The van der Waals surface area contributed by atoms with Crippen molar-refractivity contribution in [2.45, 2.75) is 37.3 Å². The van der Waals surface area contributed by atoms with E-state index in [2.05, 4.69) is 22.6 Å². The Morgan fingerprint density at radius 1 is 1.44 bits per heavy atom. The van der Waals surface area contributed by atoms with Gasteiger partial charge in [0, 0.05) is 25.7 Å². The summed E-state index contributed by atoms with van der Waals surface area (Å²) in [6.45, 7) is 2.53. The van der Waals surface area contributed by atoms with Crippen LogP contribution in [-0.4, -0.2) is 49.2 Å². The summed E-state index contributed by atoms with van der Waals surface area (Å²) < 4.78 is 0. The topological polar surface area (TPSA) is 70.4 Å². The second kappa shape index (κ2) is 4.59. The molecule has 0 aromatic rings. The quantitative estimate of drug-likeness (QED) is 0.628. The summed E-state index contributed by atoms with van der Waals surface area (Å²) in [4.78, 5) is 14.0. The van der Waals surface area contributed by atoms with E-state index in [4.69, 9.17) is 5.73 Å². The highest BCUT2D eigenvalue weighted by atomic mass is 16.2. The molecule has 0 bridgehead atoms. The lowest BCUT2D eigenvalue weighted by atomic mass is 9.88. The zero-order valence-corrected chi connectivity index (χ0v) is 9.96. The number of piperidine rings is 1. The average Bonchev–Trinajstić information content (AvgIpc) is 3.06. The molecule has 1 saturated carbocycles. The van der Waals surface area contributed by atoms with Gasteiger partial charge in [-0.25, -0.2) is 4.79 Å². The van der Waals surface area contributed by atoms with Crippen molar-refractivity contribution in [3.05, 3.63) is 0 Å². The van der Waals surface area contributed by atoms with E-state index in [-0.39, 0.29) is 11.6 Å². The molecule has 2 amide bonds. The number of rotatable bonds is 3. The number of urea groups is 1. The number of carbonyl (C=O) groups is 1. The zero-order valence-electron chi connectivity index (χ0n) is 9.96. The van der Waals surface area contributed by atoms with Crippen LogP contribution in [0, 0.1) is 0 Å². The molecule has 0 aromatic heterocycles. The summed E-state index contributed by atoms with van der Waals surface area (Å²) in [5.74, 6) is 0. The van der Waals surface area contributed by atoms with Crippen molar-refractivity contribution >= 4 is 6.03 Å².